The Balaban J connectivity index is 1.78. The van der Waals surface area contributed by atoms with Crippen LogP contribution in [0, 0.1) is 5.92 Å². The van der Waals surface area contributed by atoms with Crippen LogP contribution in [-0.4, -0.2) is 16.5 Å². The van der Waals surface area contributed by atoms with E-state index in [-0.39, 0.29) is 0 Å². The van der Waals surface area contributed by atoms with Crippen molar-refractivity contribution in [3.05, 3.63) is 24.0 Å². The second-order valence-corrected chi connectivity index (χ2v) is 4.75. The second kappa shape index (κ2) is 5.25. The molecule has 1 saturated carbocycles. The highest BCUT2D eigenvalue weighted by atomic mass is 32.1. The third kappa shape index (κ3) is 3.45. The molecular formula is C12H17N3S. The Bertz CT molecular complexity index is 374. The smallest absolute Gasteiger partial charge is 0.122 e. The minimum Gasteiger partial charge on any atom is -0.388 e. The number of nitrogens with zero attached hydrogens (tertiary/aromatic N) is 1. The molecule has 4 heteroatoms. The van der Waals surface area contributed by atoms with Crippen LogP contribution < -0.4 is 11.1 Å². The monoisotopic (exact) mass is 235 g/mol. The fourth-order valence-corrected chi connectivity index (χ4v) is 1.82. The molecule has 1 aliphatic carbocycles. The lowest BCUT2D eigenvalue weighted by atomic mass is 10.2. The summed E-state index contributed by atoms with van der Waals surface area (Å²) in [4.78, 5) is 4.45. The van der Waals surface area contributed by atoms with E-state index in [1.54, 1.807) is 6.20 Å². The van der Waals surface area contributed by atoms with Crippen molar-refractivity contribution in [3.8, 4) is 0 Å². The van der Waals surface area contributed by atoms with E-state index in [1.165, 1.54) is 25.7 Å². The number of pyridine rings is 1. The Morgan fingerprint density at radius 2 is 2.38 bits per heavy atom. The van der Waals surface area contributed by atoms with Crippen molar-refractivity contribution in [3.63, 3.8) is 0 Å². The van der Waals surface area contributed by atoms with Crippen molar-refractivity contribution in [2.45, 2.75) is 25.7 Å². The van der Waals surface area contributed by atoms with Crippen molar-refractivity contribution in [2.24, 2.45) is 11.7 Å². The molecule has 1 aromatic rings. The van der Waals surface area contributed by atoms with Gasteiger partial charge in [0.25, 0.3) is 0 Å². The van der Waals surface area contributed by atoms with Gasteiger partial charge < -0.3 is 11.1 Å². The van der Waals surface area contributed by atoms with Crippen LogP contribution in [0.5, 0.6) is 0 Å². The first-order valence-corrected chi connectivity index (χ1v) is 6.16. The molecule has 1 aliphatic rings. The van der Waals surface area contributed by atoms with Crippen LogP contribution in [0.2, 0.25) is 0 Å². The predicted octanol–water partition coefficient (Wildman–Crippen LogP) is 2.32. The van der Waals surface area contributed by atoms with Gasteiger partial charge in [-0.2, -0.15) is 0 Å². The summed E-state index contributed by atoms with van der Waals surface area (Å²) >= 11 is 4.89. The van der Waals surface area contributed by atoms with Gasteiger partial charge in [0.15, 0.2) is 0 Å². The molecule has 0 unspecified atom stereocenters. The molecule has 0 atom stereocenters. The summed E-state index contributed by atoms with van der Waals surface area (Å²) < 4.78 is 0. The average Bonchev–Trinajstić information content (AvgIpc) is 3.09. The fraction of sp³-hybridized carbons (Fsp3) is 0.500. The Labute approximate surface area is 101 Å². The second-order valence-electron chi connectivity index (χ2n) is 4.31. The molecular weight excluding hydrogens is 218 g/mol. The van der Waals surface area contributed by atoms with E-state index in [0.717, 1.165) is 18.2 Å². The first-order chi connectivity index (χ1) is 7.75. The molecule has 0 radical (unpaired) electrons. The van der Waals surface area contributed by atoms with Gasteiger partial charge in [-0.05, 0) is 30.9 Å². The van der Waals surface area contributed by atoms with Crippen LogP contribution in [0.15, 0.2) is 18.3 Å². The molecule has 16 heavy (non-hydrogen) atoms. The highest BCUT2D eigenvalue weighted by Crippen LogP contribution is 2.33. The fourth-order valence-electron chi connectivity index (χ4n) is 1.71. The van der Waals surface area contributed by atoms with Crippen LogP contribution in [0.4, 0.5) is 5.69 Å². The molecule has 0 saturated heterocycles. The zero-order valence-corrected chi connectivity index (χ0v) is 10.1. The van der Waals surface area contributed by atoms with Crippen molar-refractivity contribution in [1.29, 1.82) is 0 Å². The molecule has 2 rings (SSSR count). The summed E-state index contributed by atoms with van der Waals surface area (Å²) in [6, 6.07) is 3.85. The molecule has 3 nitrogen and oxygen atoms in total. The third-order valence-corrected chi connectivity index (χ3v) is 3.04. The maximum atomic E-state index is 5.53. The van der Waals surface area contributed by atoms with Gasteiger partial charge in [0.2, 0.25) is 0 Å². The standard InChI is InChI=1S/C12H17N3S/c13-12(16)11-8-10(5-7-15-11)14-6-1-2-9-3-4-9/h5,7-9H,1-4,6H2,(H2,13,16)(H,14,15). The molecule has 0 spiro atoms. The zero-order chi connectivity index (χ0) is 11.4. The van der Waals surface area contributed by atoms with Gasteiger partial charge in [0.1, 0.15) is 4.99 Å². The Kier molecular flexibility index (Phi) is 3.72. The molecule has 0 aromatic carbocycles. The van der Waals surface area contributed by atoms with E-state index in [0.29, 0.717) is 10.7 Å². The lowest BCUT2D eigenvalue weighted by Gasteiger charge is -2.06. The largest absolute Gasteiger partial charge is 0.388 e. The van der Waals surface area contributed by atoms with Gasteiger partial charge in [-0.15, -0.1) is 0 Å². The normalized spacial score (nSPS) is 14.8. The third-order valence-electron chi connectivity index (χ3n) is 2.83. The SMILES string of the molecule is NC(=S)c1cc(NCCCC2CC2)ccn1. The van der Waals surface area contributed by atoms with Gasteiger partial charge in [-0.25, -0.2) is 0 Å². The molecule has 0 amide bonds. The van der Waals surface area contributed by atoms with E-state index >= 15 is 0 Å². The molecule has 3 N–H and O–H groups in total. The highest BCUT2D eigenvalue weighted by Gasteiger charge is 2.19. The average molecular weight is 235 g/mol. The minimum atomic E-state index is 0.349. The summed E-state index contributed by atoms with van der Waals surface area (Å²) in [6.07, 6.45) is 7.18. The Hall–Kier alpha value is -1.16. The molecule has 0 aliphatic heterocycles. The minimum absolute atomic E-state index is 0.349. The van der Waals surface area contributed by atoms with Crippen LogP contribution in [0.25, 0.3) is 0 Å². The maximum absolute atomic E-state index is 5.53. The predicted molar refractivity (Wildman–Crippen MR) is 70.6 cm³/mol. The number of aromatic nitrogens is 1. The molecule has 1 aromatic heterocycles. The molecule has 1 fully saturated rings. The lowest BCUT2D eigenvalue weighted by molar-refractivity contribution is 0.687. The number of nitrogens with one attached hydrogen (secondary N) is 1. The Morgan fingerprint density at radius 1 is 1.56 bits per heavy atom. The molecule has 1 heterocycles. The number of anilines is 1. The van der Waals surface area contributed by atoms with Crippen molar-refractivity contribution >= 4 is 22.9 Å². The number of nitrogens with two attached hydrogens (primary N) is 1. The molecule has 86 valence electrons. The van der Waals surface area contributed by atoms with Crippen LogP contribution in [0.1, 0.15) is 31.4 Å². The zero-order valence-electron chi connectivity index (χ0n) is 9.28. The number of hydrogen-bond acceptors (Lipinski definition) is 3. The quantitative estimate of drug-likeness (QED) is 0.587. The van der Waals surface area contributed by atoms with E-state index in [4.69, 9.17) is 18.0 Å². The Morgan fingerprint density at radius 3 is 3.06 bits per heavy atom. The number of hydrogen-bond donors (Lipinski definition) is 2. The summed E-state index contributed by atoms with van der Waals surface area (Å²) in [6.45, 7) is 1.01. The summed E-state index contributed by atoms with van der Waals surface area (Å²) in [5.74, 6) is 1.01. The summed E-state index contributed by atoms with van der Waals surface area (Å²) in [5, 5.41) is 3.37. The van der Waals surface area contributed by atoms with Gasteiger partial charge in [0.05, 0.1) is 5.69 Å². The van der Waals surface area contributed by atoms with E-state index < -0.39 is 0 Å². The van der Waals surface area contributed by atoms with Gasteiger partial charge >= 0.3 is 0 Å². The lowest BCUT2D eigenvalue weighted by Crippen LogP contribution is -2.12. The van der Waals surface area contributed by atoms with Gasteiger partial charge in [-0.3, -0.25) is 4.98 Å². The van der Waals surface area contributed by atoms with Crippen molar-refractivity contribution in [1.82, 2.24) is 4.98 Å². The van der Waals surface area contributed by atoms with Gasteiger partial charge in [-0.1, -0.05) is 25.1 Å². The van der Waals surface area contributed by atoms with Crippen molar-refractivity contribution < 1.29 is 0 Å². The molecule has 0 bridgehead atoms. The summed E-state index contributed by atoms with van der Waals surface area (Å²) in [5.41, 5.74) is 7.26. The van der Waals surface area contributed by atoms with Crippen molar-refractivity contribution in [2.75, 3.05) is 11.9 Å². The topological polar surface area (TPSA) is 50.9 Å². The first-order valence-electron chi connectivity index (χ1n) is 5.75. The number of thiocarbonyl (C=S) groups is 1. The van der Waals surface area contributed by atoms with Gasteiger partial charge in [0, 0.05) is 18.4 Å². The van der Waals surface area contributed by atoms with Crippen LogP contribution in [-0.2, 0) is 0 Å². The number of rotatable bonds is 6. The maximum Gasteiger partial charge on any atom is 0.122 e. The first kappa shape index (κ1) is 11.3. The highest BCUT2D eigenvalue weighted by molar-refractivity contribution is 7.80. The van der Waals surface area contributed by atoms with Crippen LogP contribution in [0.3, 0.4) is 0 Å². The van der Waals surface area contributed by atoms with E-state index in [2.05, 4.69) is 10.3 Å². The summed E-state index contributed by atoms with van der Waals surface area (Å²) in [7, 11) is 0. The van der Waals surface area contributed by atoms with Crippen LogP contribution >= 0.6 is 12.2 Å². The van der Waals surface area contributed by atoms with E-state index in [9.17, 15) is 0 Å². The van der Waals surface area contributed by atoms with E-state index in [1.807, 2.05) is 12.1 Å².